The van der Waals surface area contributed by atoms with Crippen LogP contribution < -0.4 is 20.1 Å². The zero-order valence-electron chi connectivity index (χ0n) is 26.7. The number of piperazine rings is 1. The van der Waals surface area contributed by atoms with Crippen LogP contribution >= 0.6 is 0 Å². The van der Waals surface area contributed by atoms with Crippen LogP contribution in [-0.4, -0.2) is 76.5 Å². The molecule has 0 saturated carbocycles. The van der Waals surface area contributed by atoms with E-state index in [1.165, 1.54) is 5.69 Å². The van der Waals surface area contributed by atoms with Gasteiger partial charge in [-0.05, 0) is 87.3 Å². The highest BCUT2D eigenvalue weighted by Gasteiger charge is 2.19. The van der Waals surface area contributed by atoms with Crippen molar-refractivity contribution in [1.29, 1.82) is 10.5 Å². The van der Waals surface area contributed by atoms with Crippen LogP contribution in [0, 0.1) is 22.7 Å². The summed E-state index contributed by atoms with van der Waals surface area (Å²) in [5.41, 5.74) is 12.0. The van der Waals surface area contributed by atoms with Gasteiger partial charge in [0.25, 0.3) is 0 Å². The van der Waals surface area contributed by atoms with Gasteiger partial charge in [0.1, 0.15) is 13.2 Å². The van der Waals surface area contributed by atoms with Gasteiger partial charge < -0.3 is 29.2 Å². The third-order valence-electron chi connectivity index (χ3n) is 8.74. The highest BCUT2D eigenvalue weighted by atomic mass is 16.6. The van der Waals surface area contributed by atoms with Gasteiger partial charge in [-0.25, -0.2) is 9.97 Å². The van der Waals surface area contributed by atoms with E-state index in [0.717, 1.165) is 112 Å². The molecule has 0 aliphatic carbocycles. The Labute approximate surface area is 275 Å². The molecule has 0 unspecified atom stereocenters. The molecule has 1 saturated heterocycles. The number of imidazole rings is 2. The maximum absolute atomic E-state index is 9.13. The van der Waals surface area contributed by atoms with Crippen molar-refractivity contribution in [3.05, 3.63) is 78.4 Å². The predicted octanol–water partition coefficient (Wildman–Crippen LogP) is 4.93. The molecule has 11 heteroatoms. The molecule has 0 spiro atoms. The third-order valence-corrected chi connectivity index (χ3v) is 8.74. The first-order valence-corrected chi connectivity index (χ1v) is 16.4. The molecule has 5 aromatic rings. The molecule has 4 heterocycles. The van der Waals surface area contributed by atoms with Crippen LogP contribution in [0.25, 0.3) is 22.1 Å². The first kappa shape index (κ1) is 31.9. The molecule has 11 nitrogen and oxygen atoms in total. The molecule has 3 aromatic carbocycles. The summed E-state index contributed by atoms with van der Waals surface area (Å²) in [6.07, 6.45) is 8.02. The summed E-state index contributed by atoms with van der Waals surface area (Å²) in [6, 6.07) is 21.9. The van der Waals surface area contributed by atoms with Crippen LogP contribution in [-0.2, 0) is 13.1 Å². The number of nitrogens with two attached hydrogens (primary N) is 1. The number of rotatable bonds is 10. The summed E-state index contributed by atoms with van der Waals surface area (Å²) >= 11 is 0. The second kappa shape index (κ2) is 15.5. The Morgan fingerprint density at radius 1 is 0.660 bits per heavy atom. The number of nitriles is 2. The molecule has 2 N–H and O–H groups in total. The minimum absolute atomic E-state index is 0.624. The fourth-order valence-corrected chi connectivity index (χ4v) is 6.11. The molecule has 7 rings (SSSR count). The van der Waals surface area contributed by atoms with Gasteiger partial charge in [0.15, 0.2) is 11.5 Å². The highest BCUT2D eigenvalue weighted by molar-refractivity contribution is 5.77. The topological polar surface area (TPSA) is 134 Å². The molecule has 0 bridgehead atoms. The number of fused-ring (bicyclic) bond motifs is 3. The van der Waals surface area contributed by atoms with E-state index in [9.17, 15) is 0 Å². The quantitative estimate of drug-likeness (QED) is 0.213. The van der Waals surface area contributed by atoms with E-state index in [4.69, 9.17) is 25.7 Å². The van der Waals surface area contributed by atoms with Crippen molar-refractivity contribution in [3.8, 4) is 23.6 Å². The zero-order chi connectivity index (χ0) is 32.4. The lowest BCUT2D eigenvalue weighted by molar-refractivity contribution is 0.171. The summed E-state index contributed by atoms with van der Waals surface area (Å²) in [6.45, 7) is 9.14. The number of aryl methyl sites for hydroxylation is 2. The van der Waals surface area contributed by atoms with Gasteiger partial charge in [-0.1, -0.05) is 0 Å². The zero-order valence-corrected chi connectivity index (χ0v) is 26.7. The van der Waals surface area contributed by atoms with Crippen LogP contribution in [0.1, 0.15) is 36.8 Å². The average molecular weight is 632 g/mol. The SMILES string of the molecule is N#Cc1ccc2ncn(CCCCN)c2c1.N#Cc1ccc2ncn(CCCCN3CCN(c4ccc5c(c4)OCCO5)CC3)c2c1. The number of aromatic nitrogens is 4. The number of hydrogen-bond acceptors (Lipinski definition) is 9. The van der Waals surface area contributed by atoms with Crippen LogP contribution in [0.2, 0.25) is 0 Å². The molecule has 2 aliphatic rings. The lowest BCUT2D eigenvalue weighted by atomic mass is 10.2. The molecule has 1 fully saturated rings. The summed E-state index contributed by atoms with van der Waals surface area (Å²) in [5, 5.41) is 18.0. The van der Waals surface area contributed by atoms with Crippen molar-refractivity contribution in [2.75, 3.05) is 57.4 Å². The van der Waals surface area contributed by atoms with Gasteiger partial charge in [0.05, 0.1) is 58.0 Å². The van der Waals surface area contributed by atoms with Gasteiger partial charge in [0.2, 0.25) is 0 Å². The largest absolute Gasteiger partial charge is 0.486 e. The molecular formula is C36H41N9O2. The number of anilines is 1. The molecule has 0 atom stereocenters. The van der Waals surface area contributed by atoms with Gasteiger partial charge >= 0.3 is 0 Å². The van der Waals surface area contributed by atoms with Gasteiger partial charge in [-0.2, -0.15) is 10.5 Å². The first-order valence-electron chi connectivity index (χ1n) is 16.4. The van der Waals surface area contributed by atoms with Crippen molar-refractivity contribution in [1.82, 2.24) is 24.0 Å². The third kappa shape index (κ3) is 7.83. The average Bonchev–Trinajstić information content (AvgIpc) is 3.73. The molecule has 47 heavy (non-hydrogen) atoms. The molecule has 2 aromatic heterocycles. The van der Waals surface area contributed by atoms with Crippen LogP contribution in [0.3, 0.4) is 0 Å². The summed E-state index contributed by atoms with van der Waals surface area (Å²) < 4.78 is 15.6. The van der Waals surface area contributed by atoms with E-state index in [0.29, 0.717) is 24.3 Å². The Morgan fingerprint density at radius 3 is 1.83 bits per heavy atom. The van der Waals surface area contributed by atoms with Crippen LogP contribution in [0.5, 0.6) is 11.5 Å². The number of ether oxygens (including phenoxy) is 2. The van der Waals surface area contributed by atoms with Gasteiger partial charge in [-0.3, -0.25) is 4.90 Å². The molecular weight excluding hydrogens is 590 g/mol. The minimum atomic E-state index is 0.624. The smallest absolute Gasteiger partial charge is 0.163 e. The summed E-state index contributed by atoms with van der Waals surface area (Å²) in [5.74, 6) is 1.71. The maximum atomic E-state index is 9.13. The summed E-state index contributed by atoms with van der Waals surface area (Å²) in [4.78, 5) is 13.7. The maximum Gasteiger partial charge on any atom is 0.163 e. The van der Waals surface area contributed by atoms with Gasteiger partial charge in [-0.15, -0.1) is 0 Å². The normalized spacial score (nSPS) is 14.4. The minimum Gasteiger partial charge on any atom is -0.486 e. The first-order chi connectivity index (χ1) is 23.1. The standard InChI is InChI=1S/C24H27N5O2.C12H14N4/c25-17-19-3-5-21-22(15-19)29(18-26-21)8-2-1-7-27-9-11-28(12-10-27)20-4-6-23-24(16-20)31-14-13-30-23;13-5-1-2-6-16-9-15-11-4-3-10(8-14)7-12(11)16/h3-6,15-16,18H,1-2,7-14H2;3-4,7,9H,1-2,5-6,13H2. The number of hydrogen-bond donors (Lipinski definition) is 1. The van der Waals surface area contributed by atoms with E-state index in [1.54, 1.807) is 6.07 Å². The van der Waals surface area contributed by atoms with E-state index in [-0.39, 0.29) is 0 Å². The van der Waals surface area contributed by atoms with E-state index in [1.807, 2.05) is 49.1 Å². The molecule has 2 aliphatic heterocycles. The van der Waals surface area contributed by atoms with Crippen molar-refractivity contribution in [2.24, 2.45) is 5.73 Å². The van der Waals surface area contributed by atoms with Crippen molar-refractivity contribution in [3.63, 3.8) is 0 Å². The fourth-order valence-electron chi connectivity index (χ4n) is 6.11. The van der Waals surface area contributed by atoms with Gasteiger partial charge in [0, 0.05) is 51.0 Å². The number of benzene rings is 3. The summed E-state index contributed by atoms with van der Waals surface area (Å²) in [7, 11) is 0. The Bertz CT molecular complexity index is 1880. The monoisotopic (exact) mass is 631 g/mol. The predicted molar refractivity (Wildman–Crippen MR) is 183 cm³/mol. The Morgan fingerprint density at radius 2 is 1.23 bits per heavy atom. The number of nitrogens with zero attached hydrogens (tertiary/aromatic N) is 8. The number of unbranched alkanes of at least 4 members (excludes halogenated alkanes) is 2. The Balaban J connectivity index is 0.000000203. The van der Waals surface area contributed by atoms with E-state index < -0.39 is 0 Å². The molecule has 0 radical (unpaired) electrons. The molecule has 0 amide bonds. The van der Waals surface area contributed by atoms with Crippen molar-refractivity contribution >= 4 is 27.8 Å². The Hall–Kier alpha value is -5.10. The van der Waals surface area contributed by atoms with Crippen LogP contribution in [0.15, 0.2) is 67.3 Å². The van der Waals surface area contributed by atoms with Crippen LogP contribution in [0.4, 0.5) is 5.69 Å². The van der Waals surface area contributed by atoms with Crippen molar-refractivity contribution in [2.45, 2.75) is 38.8 Å². The second-order valence-electron chi connectivity index (χ2n) is 11.9. The molecule has 242 valence electrons. The Kier molecular flexibility index (Phi) is 10.5. The van der Waals surface area contributed by atoms with E-state index >= 15 is 0 Å². The lowest BCUT2D eigenvalue weighted by Crippen LogP contribution is -2.46. The second-order valence-corrected chi connectivity index (χ2v) is 11.9. The highest BCUT2D eigenvalue weighted by Crippen LogP contribution is 2.34. The van der Waals surface area contributed by atoms with Crippen molar-refractivity contribution < 1.29 is 9.47 Å². The van der Waals surface area contributed by atoms with E-state index in [2.05, 4.69) is 53.2 Å². The fraction of sp³-hybridized carbons (Fsp3) is 0.389. The lowest BCUT2D eigenvalue weighted by Gasteiger charge is -2.36.